The first-order chi connectivity index (χ1) is 8.81. The molecule has 1 heterocycles. The van der Waals surface area contributed by atoms with Gasteiger partial charge < -0.3 is 15.1 Å². The van der Waals surface area contributed by atoms with Crippen molar-refractivity contribution in [3.8, 4) is 0 Å². The number of nitrogens with zero attached hydrogens (tertiary/aromatic N) is 3. The molecule has 0 spiro atoms. The van der Waals surface area contributed by atoms with E-state index in [0.717, 1.165) is 17.2 Å². The van der Waals surface area contributed by atoms with Crippen molar-refractivity contribution in [2.45, 2.75) is 0 Å². The molecule has 0 aliphatic heterocycles. The SMILES string of the molecule is O=C(O)CN(CC(=O)O)c1ncc([N+](=O)[O-])cc1Cl. The van der Waals surface area contributed by atoms with Gasteiger partial charge in [-0.2, -0.15) is 0 Å². The van der Waals surface area contributed by atoms with Crippen LogP contribution in [0.1, 0.15) is 0 Å². The fraction of sp³-hybridized carbons (Fsp3) is 0.222. The van der Waals surface area contributed by atoms with Gasteiger partial charge in [0, 0.05) is 6.07 Å². The second-order valence-electron chi connectivity index (χ2n) is 3.40. The molecule has 9 nitrogen and oxygen atoms in total. The van der Waals surface area contributed by atoms with Gasteiger partial charge in [-0.25, -0.2) is 4.98 Å². The number of aliphatic carboxylic acids is 2. The van der Waals surface area contributed by atoms with Crippen molar-refractivity contribution in [3.05, 3.63) is 27.4 Å². The molecule has 19 heavy (non-hydrogen) atoms. The molecule has 1 aromatic heterocycles. The highest BCUT2D eigenvalue weighted by atomic mass is 35.5. The molecule has 0 bridgehead atoms. The predicted octanol–water partition coefficient (Wildman–Crippen LogP) is 0.619. The van der Waals surface area contributed by atoms with Gasteiger partial charge in [-0.1, -0.05) is 11.6 Å². The first-order valence-corrected chi connectivity index (χ1v) is 5.17. The van der Waals surface area contributed by atoms with Crippen LogP contribution in [0.5, 0.6) is 0 Å². The van der Waals surface area contributed by atoms with E-state index in [4.69, 9.17) is 21.8 Å². The smallest absolute Gasteiger partial charge is 0.323 e. The minimum Gasteiger partial charge on any atom is -0.480 e. The Morgan fingerprint density at radius 3 is 2.26 bits per heavy atom. The molecular formula is C9H8ClN3O6. The Morgan fingerprint density at radius 1 is 1.37 bits per heavy atom. The van der Waals surface area contributed by atoms with E-state index >= 15 is 0 Å². The van der Waals surface area contributed by atoms with Gasteiger partial charge >= 0.3 is 11.9 Å². The van der Waals surface area contributed by atoms with E-state index in [-0.39, 0.29) is 16.5 Å². The van der Waals surface area contributed by atoms with Crippen molar-refractivity contribution in [2.75, 3.05) is 18.0 Å². The van der Waals surface area contributed by atoms with Crippen molar-refractivity contribution in [1.82, 2.24) is 4.98 Å². The molecule has 0 atom stereocenters. The molecule has 0 fully saturated rings. The van der Waals surface area contributed by atoms with E-state index < -0.39 is 30.0 Å². The van der Waals surface area contributed by atoms with Crippen LogP contribution in [0.2, 0.25) is 5.02 Å². The summed E-state index contributed by atoms with van der Waals surface area (Å²) >= 11 is 5.74. The molecule has 1 rings (SSSR count). The Labute approximate surface area is 111 Å². The fourth-order valence-corrected chi connectivity index (χ4v) is 1.57. The minimum atomic E-state index is -1.28. The van der Waals surface area contributed by atoms with E-state index in [1.165, 1.54) is 0 Å². The zero-order chi connectivity index (χ0) is 14.6. The zero-order valence-corrected chi connectivity index (χ0v) is 10.1. The third-order valence-electron chi connectivity index (χ3n) is 1.97. The van der Waals surface area contributed by atoms with Gasteiger partial charge in [0.05, 0.1) is 9.95 Å². The third kappa shape index (κ3) is 4.07. The van der Waals surface area contributed by atoms with Gasteiger partial charge in [0.2, 0.25) is 0 Å². The first kappa shape index (κ1) is 14.6. The average Bonchev–Trinajstić information content (AvgIpc) is 2.26. The number of pyridine rings is 1. The molecular weight excluding hydrogens is 282 g/mol. The molecule has 0 aliphatic carbocycles. The number of carbonyl (C=O) groups is 2. The molecule has 0 unspecified atom stereocenters. The molecule has 2 N–H and O–H groups in total. The number of carboxylic acid groups (broad SMARTS) is 2. The summed E-state index contributed by atoms with van der Waals surface area (Å²) in [5.74, 6) is -2.70. The minimum absolute atomic E-state index is 0.142. The Kier molecular flexibility index (Phi) is 4.59. The number of halogens is 1. The highest BCUT2D eigenvalue weighted by Crippen LogP contribution is 2.26. The quantitative estimate of drug-likeness (QED) is 0.575. The maximum atomic E-state index is 10.6. The number of nitro groups is 1. The van der Waals surface area contributed by atoms with Crippen molar-refractivity contribution < 1.29 is 24.7 Å². The maximum Gasteiger partial charge on any atom is 0.323 e. The van der Waals surface area contributed by atoms with E-state index in [9.17, 15) is 19.7 Å². The standard InChI is InChI=1S/C9H8ClN3O6/c10-6-1-5(13(18)19)2-11-9(6)12(3-7(14)15)4-8(16)17/h1-2H,3-4H2,(H,14,15)(H,16,17). The normalized spacial score (nSPS) is 9.95. The second kappa shape index (κ2) is 5.96. The van der Waals surface area contributed by atoms with Crippen LogP contribution in [-0.2, 0) is 9.59 Å². The molecule has 1 aromatic rings. The summed E-state index contributed by atoms with van der Waals surface area (Å²) in [5.41, 5.74) is -0.376. The van der Waals surface area contributed by atoms with E-state index in [1.807, 2.05) is 0 Å². The molecule has 0 aliphatic rings. The van der Waals surface area contributed by atoms with Crippen LogP contribution in [0.15, 0.2) is 12.3 Å². The Bertz CT molecular complexity index is 519. The summed E-state index contributed by atoms with van der Waals surface area (Å²) in [7, 11) is 0. The van der Waals surface area contributed by atoms with E-state index in [2.05, 4.69) is 4.98 Å². The van der Waals surface area contributed by atoms with Crippen LogP contribution < -0.4 is 4.90 Å². The number of rotatable bonds is 6. The van der Waals surface area contributed by atoms with Crippen molar-refractivity contribution in [1.29, 1.82) is 0 Å². The second-order valence-corrected chi connectivity index (χ2v) is 3.81. The molecule has 0 saturated heterocycles. The van der Waals surface area contributed by atoms with Gasteiger partial charge in [0.15, 0.2) is 0 Å². The lowest BCUT2D eigenvalue weighted by Crippen LogP contribution is -2.35. The largest absolute Gasteiger partial charge is 0.480 e. The summed E-state index contributed by atoms with van der Waals surface area (Å²) in [6.45, 7) is -1.28. The van der Waals surface area contributed by atoms with Crippen molar-refractivity contribution in [3.63, 3.8) is 0 Å². The summed E-state index contributed by atoms with van der Waals surface area (Å²) in [5, 5.41) is 27.7. The monoisotopic (exact) mass is 289 g/mol. The third-order valence-corrected chi connectivity index (χ3v) is 2.25. The maximum absolute atomic E-state index is 10.6. The summed E-state index contributed by atoms with van der Waals surface area (Å²) in [6.07, 6.45) is 0.873. The van der Waals surface area contributed by atoms with Gasteiger partial charge in [0.25, 0.3) is 5.69 Å². The molecule has 0 amide bonds. The summed E-state index contributed by atoms with van der Waals surface area (Å²) in [6, 6.07) is 0.973. The number of hydrogen-bond donors (Lipinski definition) is 2. The lowest BCUT2D eigenvalue weighted by molar-refractivity contribution is -0.385. The van der Waals surface area contributed by atoms with Crippen molar-refractivity contribution in [2.24, 2.45) is 0 Å². The van der Waals surface area contributed by atoms with Gasteiger partial charge in [-0.05, 0) is 0 Å². The molecule has 10 heteroatoms. The fourth-order valence-electron chi connectivity index (χ4n) is 1.29. The topological polar surface area (TPSA) is 134 Å². The van der Waals surface area contributed by atoms with Crippen LogP contribution in [-0.4, -0.2) is 45.1 Å². The molecule has 0 aromatic carbocycles. The van der Waals surface area contributed by atoms with Crippen molar-refractivity contribution >= 4 is 35.0 Å². The van der Waals surface area contributed by atoms with Crippen LogP contribution in [0.4, 0.5) is 11.5 Å². The Balaban J connectivity index is 3.11. The lowest BCUT2D eigenvalue weighted by atomic mass is 10.3. The highest BCUT2D eigenvalue weighted by Gasteiger charge is 2.20. The van der Waals surface area contributed by atoms with Gasteiger partial charge in [-0.3, -0.25) is 19.7 Å². The lowest BCUT2D eigenvalue weighted by Gasteiger charge is -2.20. The summed E-state index contributed by atoms with van der Waals surface area (Å²) in [4.78, 5) is 35.6. The number of carboxylic acids is 2. The van der Waals surface area contributed by atoms with Crippen LogP contribution in [0.3, 0.4) is 0 Å². The van der Waals surface area contributed by atoms with Gasteiger partial charge in [-0.15, -0.1) is 0 Å². The summed E-state index contributed by atoms with van der Waals surface area (Å²) < 4.78 is 0. The number of aromatic nitrogens is 1. The Morgan fingerprint density at radius 2 is 1.89 bits per heavy atom. The van der Waals surface area contributed by atoms with Crippen LogP contribution >= 0.6 is 11.6 Å². The van der Waals surface area contributed by atoms with E-state index in [0.29, 0.717) is 0 Å². The molecule has 0 radical (unpaired) electrons. The van der Waals surface area contributed by atoms with Crippen LogP contribution in [0.25, 0.3) is 0 Å². The zero-order valence-electron chi connectivity index (χ0n) is 9.32. The predicted molar refractivity (Wildman–Crippen MR) is 63.4 cm³/mol. The van der Waals surface area contributed by atoms with E-state index in [1.54, 1.807) is 0 Å². The van der Waals surface area contributed by atoms with Gasteiger partial charge in [0.1, 0.15) is 25.1 Å². The highest BCUT2D eigenvalue weighted by molar-refractivity contribution is 6.33. The van der Waals surface area contributed by atoms with Crippen LogP contribution in [0, 0.1) is 10.1 Å². The number of hydrogen-bond acceptors (Lipinski definition) is 6. The number of anilines is 1. The molecule has 102 valence electrons. The Hall–Kier alpha value is -2.42. The average molecular weight is 290 g/mol. The first-order valence-electron chi connectivity index (χ1n) is 4.79. The molecule has 0 saturated carbocycles.